The van der Waals surface area contributed by atoms with Gasteiger partial charge >= 0.3 is 0 Å². The summed E-state index contributed by atoms with van der Waals surface area (Å²) in [4.78, 5) is 0. The quantitative estimate of drug-likeness (QED) is 0.623. The highest BCUT2D eigenvalue weighted by atomic mass is 16.5. The summed E-state index contributed by atoms with van der Waals surface area (Å²) >= 11 is 0. The van der Waals surface area contributed by atoms with Gasteiger partial charge in [0.1, 0.15) is 0 Å². The van der Waals surface area contributed by atoms with Gasteiger partial charge in [-0.05, 0) is 57.7 Å². The van der Waals surface area contributed by atoms with Gasteiger partial charge in [-0.25, -0.2) is 0 Å². The van der Waals surface area contributed by atoms with Gasteiger partial charge in [0.15, 0.2) is 0 Å². The van der Waals surface area contributed by atoms with E-state index in [-0.39, 0.29) is 11.6 Å². The van der Waals surface area contributed by atoms with Crippen molar-refractivity contribution in [2.24, 2.45) is 5.84 Å². The number of hydrazine groups is 1. The summed E-state index contributed by atoms with van der Waals surface area (Å²) in [5.41, 5.74) is 6.64. The van der Waals surface area contributed by atoms with Crippen LogP contribution in [0, 0.1) is 13.8 Å². The van der Waals surface area contributed by atoms with E-state index in [4.69, 9.17) is 10.6 Å². The number of aryl methyl sites for hydroxylation is 2. The molecule has 0 radical (unpaired) electrons. The fourth-order valence-electron chi connectivity index (χ4n) is 1.73. The monoisotopic (exact) mass is 250 g/mol. The van der Waals surface area contributed by atoms with E-state index in [1.165, 1.54) is 16.7 Å². The van der Waals surface area contributed by atoms with Gasteiger partial charge in [-0.15, -0.1) is 0 Å². The molecule has 0 aromatic heterocycles. The van der Waals surface area contributed by atoms with E-state index in [1.54, 1.807) is 0 Å². The molecule has 0 saturated carbocycles. The first-order chi connectivity index (χ1) is 8.31. The molecule has 1 aromatic rings. The third-order valence-electron chi connectivity index (χ3n) is 3.01. The number of ether oxygens (including phenoxy) is 1. The van der Waals surface area contributed by atoms with Gasteiger partial charge in [0.05, 0.1) is 12.2 Å². The number of benzene rings is 1. The minimum absolute atomic E-state index is 0.127. The van der Waals surface area contributed by atoms with E-state index in [1.807, 2.05) is 0 Å². The molecule has 1 aromatic carbocycles. The zero-order valence-electron chi connectivity index (χ0n) is 12.2. The number of nitrogens with one attached hydrogen (secondary N) is 1. The normalized spacial score (nSPS) is 13.7. The molecule has 0 amide bonds. The molecule has 1 rings (SSSR count). The van der Waals surface area contributed by atoms with Gasteiger partial charge in [0, 0.05) is 6.04 Å². The molecule has 3 heteroatoms. The first-order valence-electron chi connectivity index (χ1n) is 6.48. The highest BCUT2D eigenvalue weighted by molar-refractivity contribution is 5.30. The molecular weight excluding hydrogens is 224 g/mol. The lowest BCUT2D eigenvalue weighted by Gasteiger charge is -2.24. The predicted octanol–water partition coefficient (Wildman–Crippen LogP) is 2.49. The van der Waals surface area contributed by atoms with Crippen molar-refractivity contribution in [1.29, 1.82) is 0 Å². The molecule has 0 bridgehead atoms. The van der Waals surface area contributed by atoms with Crippen LogP contribution in [0.1, 0.15) is 37.5 Å². The topological polar surface area (TPSA) is 47.3 Å². The smallest absolute Gasteiger partial charge is 0.0643 e. The summed E-state index contributed by atoms with van der Waals surface area (Å²) in [6.07, 6.45) is 0.883. The van der Waals surface area contributed by atoms with Crippen LogP contribution in [-0.2, 0) is 11.2 Å². The van der Waals surface area contributed by atoms with Gasteiger partial charge < -0.3 is 4.74 Å². The van der Waals surface area contributed by atoms with Crippen LogP contribution in [0.25, 0.3) is 0 Å². The first kappa shape index (κ1) is 15.2. The maximum Gasteiger partial charge on any atom is 0.0643 e. The van der Waals surface area contributed by atoms with E-state index in [0.717, 1.165) is 6.42 Å². The summed E-state index contributed by atoms with van der Waals surface area (Å²) in [6, 6.07) is 6.68. The number of rotatable bonds is 5. The van der Waals surface area contributed by atoms with Crippen LogP contribution in [-0.4, -0.2) is 18.2 Å². The Balaban J connectivity index is 2.59. The summed E-state index contributed by atoms with van der Waals surface area (Å²) in [5, 5.41) is 0. The summed E-state index contributed by atoms with van der Waals surface area (Å²) < 4.78 is 5.77. The summed E-state index contributed by atoms with van der Waals surface area (Å²) in [5.74, 6) is 5.59. The van der Waals surface area contributed by atoms with Crippen molar-refractivity contribution in [2.45, 2.75) is 52.7 Å². The molecule has 102 valence electrons. The van der Waals surface area contributed by atoms with Crippen molar-refractivity contribution in [2.75, 3.05) is 6.61 Å². The van der Waals surface area contributed by atoms with E-state index < -0.39 is 0 Å². The Bertz CT molecular complexity index is 383. The molecule has 0 aliphatic heterocycles. The maximum atomic E-state index is 5.77. The second kappa shape index (κ2) is 6.32. The maximum absolute atomic E-state index is 5.77. The molecule has 0 spiro atoms. The molecule has 1 unspecified atom stereocenters. The zero-order chi connectivity index (χ0) is 13.8. The van der Waals surface area contributed by atoms with Crippen LogP contribution in [0.3, 0.4) is 0 Å². The van der Waals surface area contributed by atoms with Gasteiger partial charge in [-0.3, -0.25) is 11.3 Å². The van der Waals surface area contributed by atoms with Crippen LogP contribution in [0.2, 0.25) is 0 Å². The standard InChI is InChI=1S/C15H26N2O/c1-11-6-7-13(8-12(11)2)9-14(17-16)10-18-15(3,4)5/h6-8,14,17H,9-10,16H2,1-5H3. The van der Waals surface area contributed by atoms with Crippen LogP contribution in [0.15, 0.2) is 18.2 Å². The summed E-state index contributed by atoms with van der Waals surface area (Å²) in [7, 11) is 0. The lowest BCUT2D eigenvalue weighted by molar-refractivity contribution is -0.0143. The zero-order valence-corrected chi connectivity index (χ0v) is 12.2. The van der Waals surface area contributed by atoms with Crippen molar-refractivity contribution >= 4 is 0 Å². The third kappa shape index (κ3) is 5.17. The van der Waals surface area contributed by atoms with Crippen LogP contribution < -0.4 is 11.3 Å². The average molecular weight is 250 g/mol. The van der Waals surface area contributed by atoms with Crippen LogP contribution >= 0.6 is 0 Å². The highest BCUT2D eigenvalue weighted by Crippen LogP contribution is 2.13. The Kier molecular flexibility index (Phi) is 5.32. The minimum atomic E-state index is -0.127. The second-order valence-electron chi connectivity index (χ2n) is 5.91. The fraction of sp³-hybridized carbons (Fsp3) is 0.600. The van der Waals surface area contributed by atoms with Gasteiger partial charge in [0.25, 0.3) is 0 Å². The molecule has 0 aliphatic carbocycles. The molecule has 18 heavy (non-hydrogen) atoms. The first-order valence-corrected chi connectivity index (χ1v) is 6.48. The molecular formula is C15H26N2O. The van der Waals surface area contributed by atoms with Gasteiger partial charge in [-0.2, -0.15) is 0 Å². The van der Waals surface area contributed by atoms with Crippen LogP contribution in [0.4, 0.5) is 0 Å². The van der Waals surface area contributed by atoms with E-state index >= 15 is 0 Å². The molecule has 0 aliphatic rings. The minimum Gasteiger partial charge on any atom is -0.374 e. The Morgan fingerprint density at radius 3 is 2.39 bits per heavy atom. The Labute approximate surface area is 111 Å². The van der Waals surface area contributed by atoms with Crippen molar-refractivity contribution in [3.05, 3.63) is 34.9 Å². The predicted molar refractivity (Wildman–Crippen MR) is 76.4 cm³/mol. The van der Waals surface area contributed by atoms with Crippen molar-refractivity contribution in [3.8, 4) is 0 Å². The van der Waals surface area contributed by atoms with Crippen molar-refractivity contribution in [1.82, 2.24) is 5.43 Å². The molecule has 3 nitrogen and oxygen atoms in total. The van der Waals surface area contributed by atoms with Gasteiger partial charge in [-0.1, -0.05) is 18.2 Å². The Morgan fingerprint density at radius 1 is 1.22 bits per heavy atom. The van der Waals surface area contributed by atoms with Gasteiger partial charge in [0.2, 0.25) is 0 Å². The Hall–Kier alpha value is -0.900. The van der Waals surface area contributed by atoms with E-state index in [9.17, 15) is 0 Å². The molecule has 0 saturated heterocycles. The SMILES string of the molecule is Cc1ccc(CC(COC(C)(C)C)NN)cc1C. The Morgan fingerprint density at radius 2 is 1.89 bits per heavy atom. The largest absolute Gasteiger partial charge is 0.374 e. The molecule has 0 heterocycles. The highest BCUT2D eigenvalue weighted by Gasteiger charge is 2.15. The van der Waals surface area contributed by atoms with Crippen molar-refractivity contribution in [3.63, 3.8) is 0 Å². The van der Waals surface area contributed by atoms with E-state index in [2.05, 4.69) is 58.2 Å². The second-order valence-corrected chi connectivity index (χ2v) is 5.91. The fourth-order valence-corrected chi connectivity index (χ4v) is 1.73. The number of hydrogen-bond donors (Lipinski definition) is 2. The average Bonchev–Trinajstić information content (AvgIpc) is 2.28. The molecule has 1 atom stereocenters. The van der Waals surface area contributed by atoms with Crippen molar-refractivity contribution < 1.29 is 4.74 Å². The number of nitrogens with two attached hydrogens (primary N) is 1. The van der Waals surface area contributed by atoms with Crippen LogP contribution in [0.5, 0.6) is 0 Å². The lowest BCUT2D eigenvalue weighted by Crippen LogP contribution is -2.42. The van der Waals surface area contributed by atoms with E-state index in [0.29, 0.717) is 6.61 Å². The molecule has 0 fully saturated rings. The summed E-state index contributed by atoms with van der Waals surface area (Å²) in [6.45, 7) is 11.0. The number of hydrogen-bond acceptors (Lipinski definition) is 3. The lowest BCUT2D eigenvalue weighted by atomic mass is 10.0. The third-order valence-corrected chi connectivity index (χ3v) is 3.01. The molecule has 3 N–H and O–H groups in total.